The molecule has 0 spiro atoms. The van der Waals surface area contributed by atoms with E-state index in [4.69, 9.17) is 5.11 Å². The van der Waals surface area contributed by atoms with Gasteiger partial charge < -0.3 is 5.11 Å². The highest BCUT2D eigenvalue weighted by Gasteiger charge is 2.05. The number of aryl methyl sites for hydroxylation is 1. The lowest BCUT2D eigenvalue weighted by molar-refractivity contribution is -0.136. The van der Waals surface area contributed by atoms with Gasteiger partial charge in [-0.3, -0.25) is 9.78 Å². The highest BCUT2D eigenvalue weighted by atomic mass is 16.4. The van der Waals surface area contributed by atoms with Crippen LogP contribution in [0.2, 0.25) is 0 Å². The third kappa shape index (κ3) is 3.22. The van der Waals surface area contributed by atoms with Gasteiger partial charge in [0.25, 0.3) is 0 Å². The van der Waals surface area contributed by atoms with Crippen LogP contribution in [0.1, 0.15) is 17.8 Å². The van der Waals surface area contributed by atoms with Crippen molar-refractivity contribution in [1.29, 1.82) is 0 Å². The SMILES string of the molecule is O=C(O)CCc1cn(Cc2ccc3ccccc3n2)nn1. The third-order valence-electron chi connectivity index (χ3n) is 3.16. The van der Waals surface area contributed by atoms with Gasteiger partial charge in [0.2, 0.25) is 0 Å². The predicted octanol–water partition coefficient (Wildman–Crippen LogP) is 1.89. The molecule has 6 heteroatoms. The second kappa shape index (κ2) is 5.70. The van der Waals surface area contributed by atoms with Gasteiger partial charge in [0.05, 0.1) is 29.9 Å². The molecule has 1 aromatic carbocycles. The first-order chi connectivity index (χ1) is 10.2. The Morgan fingerprint density at radius 1 is 1.14 bits per heavy atom. The normalized spacial score (nSPS) is 10.9. The summed E-state index contributed by atoms with van der Waals surface area (Å²) >= 11 is 0. The molecule has 0 aliphatic rings. The van der Waals surface area contributed by atoms with Gasteiger partial charge in [0.15, 0.2) is 0 Å². The molecule has 0 unspecified atom stereocenters. The van der Waals surface area contributed by atoms with Gasteiger partial charge in [-0.15, -0.1) is 5.10 Å². The van der Waals surface area contributed by atoms with Crippen molar-refractivity contribution >= 4 is 16.9 Å². The topological polar surface area (TPSA) is 80.9 Å². The van der Waals surface area contributed by atoms with Crippen LogP contribution >= 0.6 is 0 Å². The van der Waals surface area contributed by atoms with Crippen LogP contribution in [0.25, 0.3) is 10.9 Å². The standard InChI is InChI=1S/C15H14N4O2/c20-15(21)8-7-13-10-19(18-17-13)9-12-6-5-11-3-1-2-4-14(11)16-12/h1-6,10H,7-9H2,(H,20,21). The average Bonchev–Trinajstić information content (AvgIpc) is 2.92. The van der Waals surface area contributed by atoms with E-state index in [1.807, 2.05) is 36.4 Å². The molecule has 2 heterocycles. The minimum atomic E-state index is -0.833. The number of aromatic nitrogens is 4. The smallest absolute Gasteiger partial charge is 0.303 e. The van der Waals surface area contributed by atoms with Crippen molar-refractivity contribution in [3.05, 3.63) is 54.0 Å². The van der Waals surface area contributed by atoms with E-state index in [1.54, 1.807) is 10.9 Å². The second-order valence-corrected chi connectivity index (χ2v) is 4.80. The molecule has 0 bridgehead atoms. The van der Waals surface area contributed by atoms with E-state index in [9.17, 15) is 4.79 Å². The molecule has 0 amide bonds. The molecule has 2 aromatic heterocycles. The Bertz CT molecular complexity index is 782. The maximum Gasteiger partial charge on any atom is 0.303 e. The van der Waals surface area contributed by atoms with Crippen molar-refractivity contribution in [2.75, 3.05) is 0 Å². The summed E-state index contributed by atoms with van der Waals surface area (Å²) in [6.07, 6.45) is 2.22. The number of para-hydroxylation sites is 1. The fourth-order valence-corrected chi connectivity index (χ4v) is 2.13. The van der Waals surface area contributed by atoms with Gasteiger partial charge in [-0.1, -0.05) is 29.5 Å². The summed E-state index contributed by atoms with van der Waals surface area (Å²) in [5.74, 6) is -0.833. The molecule has 0 saturated carbocycles. The molecule has 106 valence electrons. The number of aliphatic carboxylic acids is 1. The van der Waals surface area contributed by atoms with E-state index >= 15 is 0 Å². The van der Waals surface area contributed by atoms with E-state index in [2.05, 4.69) is 15.3 Å². The van der Waals surface area contributed by atoms with Crippen molar-refractivity contribution in [3.8, 4) is 0 Å². The van der Waals surface area contributed by atoms with Crippen molar-refractivity contribution in [1.82, 2.24) is 20.0 Å². The van der Waals surface area contributed by atoms with E-state index < -0.39 is 5.97 Å². The first kappa shape index (κ1) is 13.2. The molecule has 21 heavy (non-hydrogen) atoms. The lowest BCUT2D eigenvalue weighted by Crippen LogP contribution is -2.02. The minimum absolute atomic E-state index is 0.0624. The molecule has 6 nitrogen and oxygen atoms in total. The second-order valence-electron chi connectivity index (χ2n) is 4.80. The fraction of sp³-hybridized carbons (Fsp3) is 0.200. The molecule has 0 radical (unpaired) electrons. The molecule has 3 aromatic rings. The zero-order chi connectivity index (χ0) is 14.7. The molecule has 1 N–H and O–H groups in total. The Morgan fingerprint density at radius 2 is 2.00 bits per heavy atom. The van der Waals surface area contributed by atoms with Gasteiger partial charge in [0, 0.05) is 18.0 Å². The number of carboxylic acid groups (broad SMARTS) is 1. The molecule has 0 aliphatic heterocycles. The Hall–Kier alpha value is -2.76. The number of fused-ring (bicyclic) bond motifs is 1. The molecule has 3 rings (SSSR count). The quantitative estimate of drug-likeness (QED) is 0.773. The van der Waals surface area contributed by atoms with E-state index in [0.29, 0.717) is 18.7 Å². The van der Waals surface area contributed by atoms with Gasteiger partial charge in [-0.2, -0.15) is 0 Å². The number of benzene rings is 1. The van der Waals surface area contributed by atoms with Crippen LogP contribution in [0.4, 0.5) is 0 Å². The van der Waals surface area contributed by atoms with Crippen LogP contribution in [-0.4, -0.2) is 31.1 Å². The molecule has 0 saturated heterocycles. The zero-order valence-electron chi connectivity index (χ0n) is 11.3. The van der Waals surface area contributed by atoms with Crippen LogP contribution in [0.3, 0.4) is 0 Å². The van der Waals surface area contributed by atoms with Gasteiger partial charge in [-0.25, -0.2) is 4.68 Å². The van der Waals surface area contributed by atoms with Crippen molar-refractivity contribution < 1.29 is 9.90 Å². The number of hydrogen-bond donors (Lipinski definition) is 1. The third-order valence-corrected chi connectivity index (χ3v) is 3.16. The first-order valence-corrected chi connectivity index (χ1v) is 6.66. The largest absolute Gasteiger partial charge is 0.481 e. The monoisotopic (exact) mass is 282 g/mol. The molecule has 0 aliphatic carbocycles. The maximum absolute atomic E-state index is 10.5. The minimum Gasteiger partial charge on any atom is -0.481 e. The van der Waals surface area contributed by atoms with E-state index in [1.165, 1.54) is 0 Å². The first-order valence-electron chi connectivity index (χ1n) is 6.66. The predicted molar refractivity (Wildman–Crippen MR) is 76.8 cm³/mol. The Morgan fingerprint density at radius 3 is 2.86 bits per heavy atom. The highest BCUT2D eigenvalue weighted by molar-refractivity contribution is 5.78. The van der Waals surface area contributed by atoms with Gasteiger partial charge in [-0.05, 0) is 12.1 Å². The van der Waals surface area contributed by atoms with Crippen molar-refractivity contribution in [3.63, 3.8) is 0 Å². The number of nitrogens with zero attached hydrogens (tertiary/aromatic N) is 4. The summed E-state index contributed by atoms with van der Waals surface area (Å²) in [5, 5.41) is 17.7. The Balaban J connectivity index is 1.74. The van der Waals surface area contributed by atoms with E-state index in [-0.39, 0.29) is 6.42 Å². The van der Waals surface area contributed by atoms with Crippen LogP contribution < -0.4 is 0 Å². The molecule has 0 atom stereocenters. The highest BCUT2D eigenvalue weighted by Crippen LogP contribution is 2.12. The van der Waals surface area contributed by atoms with Gasteiger partial charge in [0.1, 0.15) is 0 Å². The lowest BCUT2D eigenvalue weighted by atomic mass is 10.2. The summed E-state index contributed by atoms with van der Waals surface area (Å²) < 4.78 is 1.67. The summed E-state index contributed by atoms with van der Waals surface area (Å²) in [4.78, 5) is 15.1. The number of rotatable bonds is 5. The lowest BCUT2D eigenvalue weighted by Gasteiger charge is -2.02. The Labute approximate surface area is 121 Å². The van der Waals surface area contributed by atoms with Crippen molar-refractivity contribution in [2.24, 2.45) is 0 Å². The molecular formula is C15H14N4O2. The fourth-order valence-electron chi connectivity index (χ4n) is 2.13. The van der Waals surface area contributed by atoms with Crippen LogP contribution in [0.15, 0.2) is 42.6 Å². The van der Waals surface area contributed by atoms with Crippen molar-refractivity contribution in [2.45, 2.75) is 19.4 Å². The van der Waals surface area contributed by atoms with Crippen LogP contribution in [0.5, 0.6) is 0 Å². The summed E-state index contributed by atoms with van der Waals surface area (Å²) in [7, 11) is 0. The summed E-state index contributed by atoms with van der Waals surface area (Å²) in [6, 6.07) is 11.9. The Kier molecular flexibility index (Phi) is 3.59. The van der Waals surface area contributed by atoms with Crippen LogP contribution in [-0.2, 0) is 17.8 Å². The van der Waals surface area contributed by atoms with E-state index in [0.717, 1.165) is 16.6 Å². The number of pyridine rings is 1. The maximum atomic E-state index is 10.5. The molecule has 0 fully saturated rings. The van der Waals surface area contributed by atoms with Gasteiger partial charge >= 0.3 is 5.97 Å². The van der Waals surface area contributed by atoms with Crippen LogP contribution in [0, 0.1) is 0 Å². The number of hydrogen-bond acceptors (Lipinski definition) is 4. The molecular weight excluding hydrogens is 268 g/mol. The summed E-state index contributed by atoms with van der Waals surface area (Å²) in [5.41, 5.74) is 2.52. The average molecular weight is 282 g/mol. The number of carbonyl (C=O) groups is 1. The number of carboxylic acids is 1. The zero-order valence-corrected chi connectivity index (χ0v) is 11.3. The summed E-state index contributed by atoms with van der Waals surface area (Å²) in [6.45, 7) is 0.519.